The number of benzene rings is 1. The third-order valence-corrected chi connectivity index (χ3v) is 2.54. The molecule has 0 fully saturated rings. The van der Waals surface area contributed by atoms with Gasteiger partial charge in [-0.1, -0.05) is 30.3 Å². The molecule has 0 saturated heterocycles. The summed E-state index contributed by atoms with van der Waals surface area (Å²) in [5, 5.41) is 2.84. The molecule has 100 valence electrons. The number of carbonyl (C=O) groups is 1. The summed E-state index contributed by atoms with van der Waals surface area (Å²) in [6.07, 6.45) is 2.30. The van der Waals surface area contributed by atoms with Crippen LogP contribution in [-0.2, 0) is 16.1 Å². The number of amides is 1. The number of ether oxygens (including phenoxy) is 1. The summed E-state index contributed by atoms with van der Waals surface area (Å²) in [7, 11) is 0. The second-order valence-electron chi connectivity index (χ2n) is 4.13. The summed E-state index contributed by atoms with van der Waals surface area (Å²) in [5.74, 6) is 0.0417. The van der Waals surface area contributed by atoms with Gasteiger partial charge in [0, 0.05) is 13.0 Å². The quantitative estimate of drug-likeness (QED) is 0.652. The van der Waals surface area contributed by atoms with E-state index in [9.17, 15) is 4.79 Å². The molecule has 0 atom stereocenters. The van der Waals surface area contributed by atoms with Gasteiger partial charge >= 0.3 is 0 Å². The van der Waals surface area contributed by atoms with E-state index in [1.165, 1.54) is 0 Å². The highest BCUT2D eigenvalue weighted by Crippen LogP contribution is 2.00. The van der Waals surface area contributed by atoms with Gasteiger partial charge in [-0.05, 0) is 24.9 Å². The van der Waals surface area contributed by atoms with Crippen molar-refractivity contribution in [2.45, 2.75) is 25.9 Å². The molecule has 1 rings (SSSR count). The average molecular weight is 250 g/mol. The van der Waals surface area contributed by atoms with Crippen LogP contribution in [0.4, 0.5) is 0 Å². The Labute approximate surface area is 109 Å². The third kappa shape index (κ3) is 7.04. The first kappa shape index (κ1) is 14.7. The molecule has 0 saturated carbocycles. The first-order valence-electron chi connectivity index (χ1n) is 6.41. The Morgan fingerprint density at radius 3 is 2.72 bits per heavy atom. The maximum absolute atomic E-state index is 11.4. The van der Waals surface area contributed by atoms with E-state index >= 15 is 0 Å². The molecule has 1 aromatic rings. The lowest BCUT2D eigenvalue weighted by Gasteiger charge is -2.06. The largest absolute Gasteiger partial charge is 0.376 e. The summed E-state index contributed by atoms with van der Waals surface area (Å²) in [5.41, 5.74) is 6.49. The molecule has 18 heavy (non-hydrogen) atoms. The van der Waals surface area contributed by atoms with Crippen LogP contribution in [0.3, 0.4) is 0 Å². The van der Waals surface area contributed by atoms with Crippen LogP contribution in [-0.4, -0.2) is 25.6 Å². The average Bonchev–Trinajstić information content (AvgIpc) is 2.41. The van der Waals surface area contributed by atoms with Crippen LogP contribution in [0, 0.1) is 0 Å². The van der Waals surface area contributed by atoms with Crippen molar-refractivity contribution in [1.82, 2.24) is 5.32 Å². The van der Waals surface area contributed by atoms with Crippen LogP contribution >= 0.6 is 0 Å². The van der Waals surface area contributed by atoms with E-state index in [1.807, 2.05) is 30.3 Å². The van der Waals surface area contributed by atoms with Gasteiger partial charge in [0.2, 0.25) is 5.91 Å². The van der Waals surface area contributed by atoms with Crippen molar-refractivity contribution >= 4 is 5.91 Å². The standard InChI is InChI=1S/C14H22N2O2/c15-9-4-5-10-16-14(17)8-11-18-12-13-6-2-1-3-7-13/h1-3,6-7H,4-5,8-12,15H2,(H,16,17). The van der Waals surface area contributed by atoms with Gasteiger partial charge in [-0.3, -0.25) is 4.79 Å². The van der Waals surface area contributed by atoms with Gasteiger partial charge in [-0.2, -0.15) is 0 Å². The van der Waals surface area contributed by atoms with Crippen molar-refractivity contribution in [3.63, 3.8) is 0 Å². The Morgan fingerprint density at radius 2 is 2.00 bits per heavy atom. The molecule has 0 bridgehead atoms. The highest BCUT2D eigenvalue weighted by atomic mass is 16.5. The summed E-state index contributed by atoms with van der Waals surface area (Å²) in [6, 6.07) is 9.93. The SMILES string of the molecule is NCCCCNC(=O)CCOCc1ccccc1. The van der Waals surface area contributed by atoms with E-state index in [0.717, 1.165) is 18.4 Å². The molecule has 4 nitrogen and oxygen atoms in total. The molecule has 4 heteroatoms. The van der Waals surface area contributed by atoms with Crippen LogP contribution < -0.4 is 11.1 Å². The predicted molar refractivity (Wildman–Crippen MR) is 72.0 cm³/mol. The highest BCUT2D eigenvalue weighted by molar-refractivity contribution is 5.75. The van der Waals surface area contributed by atoms with Gasteiger partial charge in [0.25, 0.3) is 0 Å². The fourth-order valence-electron chi connectivity index (χ4n) is 1.51. The fourth-order valence-corrected chi connectivity index (χ4v) is 1.51. The zero-order valence-corrected chi connectivity index (χ0v) is 10.7. The molecule has 0 radical (unpaired) electrons. The maximum Gasteiger partial charge on any atom is 0.222 e. The summed E-state index contributed by atoms with van der Waals surface area (Å²) >= 11 is 0. The third-order valence-electron chi connectivity index (χ3n) is 2.54. The monoisotopic (exact) mass is 250 g/mol. The molecule has 1 amide bonds. The van der Waals surface area contributed by atoms with Crippen molar-refractivity contribution in [1.29, 1.82) is 0 Å². The van der Waals surface area contributed by atoms with E-state index in [1.54, 1.807) is 0 Å². The van der Waals surface area contributed by atoms with Gasteiger partial charge in [-0.25, -0.2) is 0 Å². The summed E-state index contributed by atoms with van der Waals surface area (Å²) in [4.78, 5) is 11.4. The van der Waals surface area contributed by atoms with E-state index < -0.39 is 0 Å². The topological polar surface area (TPSA) is 64.3 Å². The van der Waals surface area contributed by atoms with Gasteiger partial charge in [0.1, 0.15) is 0 Å². The first-order chi connectivity index (χ1) is 8.83. The number of nitrogens with two attached hydrogens (primary N) is 1. The van der Waals surface area contributed by atoms with Crippen LogP contribution in [0.5, 0.6) is 0 Å². The Balaban J connectivity index is 1.99. The second kappa shape index (κ2) is 9.62. The second-order valence-corrected chi connectivity index (χ2v) is 4.13. The number of rotatable bonds is 9. The van der Waals surface area contributed by atoms with Crippen molar-refractivity contribution in [2.75, 3.05) is 19.7 Å². The molecule has 0 heterocycles. The molecule has 0 aliphatic heterocycles. The predicted octanol–water partition coefficient (Wildman–Crippen LogP) is 1.45. The number of nitrogens with one attached hydrogen (secondary N) is 1. The van der Waals surface area contributed by atoms with Crippen LogP contribution in [0.15, 0.2) is 30.3 Å². The maximum atomic E-state index is 11.4. The van der Waals surface area contributed by atoms with E-state index in [2.05, 4.69) is 5.32 Å². The lowest BCUT2D eigenvalue weighted by Crippen LogP contribution is -2.25. The van der Waals surface area contributed by atoms with Crippen LogP contribution in [0.25, 0.3) is 0 Å². The first-order valence-corrected chi connectivity index (χ1v) is 6.41. The molecule has 0 spiro atoms. The lowest BCUT2D eigenvalue weighted by molar-refractivity contribution is -0.122. The minimum Gasteiger partial charge on any atom is -0.376 e. The van der Waals surface area contributed by atoms with E-state index in [0.29, 0.717) is 32.7 Å². The molecular weight excluding hydrogens is 228 g/mol. The van der Waals surface area contributed by atoms with Crippen LogP contribution in [0.2, 0.25) is 0 Å². The van der Waals surface area contributed by atoms with Crippen molar-refractivity contribution in [3.05, 3.63) is 35.9 Å². The molecule has 0 aromatic heterocycles. The summed E-state index contributed by atoms with van der Waals surface area (Å²) in [6.45, 7) is 2.39. The van der Waals surface area contributed by atoms with Crippen molar-refractivity contribution in [3.8, 4) is 0 Å². The molecule has 3 N–H and O–H groups in total. The Morgan fingerprint density at radius 1 is 1.22 bits per heavy atom. The molecule has 0 unspecified atom stereocenters. The fraction of sp³-hybridized carbons (Fsp3) is 0.500. The number of hydrogen-bond acceptors (Lipinski definition) is 3. The molecule has 1 aromatic carbocycles. The summed E-state index contributed by atoms with van der Waals surface area (Å²) < 4.78 is 5.44. The van der Waals surface area contributed by atoms with Gasteiger partial charge in [-0.15, -0.1) is 0 Å². The molecule has 0 aliphatic carbocycles. The normalized spacial score (nSPS) is 10.3. The molecule has 0 aliphatic rings. The number of unbranched alkanes of at least 4 members (excludes halogenated alkanes) is 1. The van der Waals surface area contributed by atoms with Crippen LogP contribution in [0.1, 0.15) is 24.8 Å². The minimum absolute atomic E-state index is 0.0417. The minimum atomic E-state index is 0.0417. The highest BCUT2D eigenvalue weighted by Gasteiger charge is 2.00. The zero-order chi connectivity index (χ0) is 13.1. The van der Waals surface area contributed by atoms with Gasteiger partial charge < -0.3 is 15.8 Å². The smallest absolute Gasteiger partial charge is 0.222 e. The lowest BCUT2D eigenvalue weighted by atomic mass is 10.2. The van der Waals surface area contributed by atoms with Gasteiger partial charge in [0.15, 0.2) is 0 Å². The van der Waals surface area contributed by atoms with E-state index in [4.69, 9.17) is 10.5 Å². The Hall–Kier alpha value is -1.39. The number of hydrogen-bond donors (Lipinski definition) is 2. The van der Waals surface area contributed by atoms with Crippen molar-refractivity contribution in [2.24, 2.45) is 5.73 Å². The molecular formula is C14H22N2O2. The number of carbonyl (C=O) groups excluding carboxylic acids is 1. The van der Waals surface area contributed by atoms with E-state index in [-0.39, 0.29) is 5.91 Å². The Bertz CT molecular complexity index is 328. The van der Waals surface area contributed by atoms with Crippen molar-refractivity contribution < 1.29 is 9.53 Å². The zero-order valence-electron chi connectivity index (χ0n) is 10.7. The Kier molecular flexibility index (Phi) is 7.84. The van der Waals surface area contributed by atoms with Gasteiger partial charge in [0.05, 0.1) is 13.2 Å².